The van der Waals surface area contributed by atoms with Crippen molar-refractivity contribution in [3.05, 3.63) is 40.9 Å². The fourth-order valence-electron chi connectivity index (χ4n) is 1.62. The van der Waals surface area contributed by atoms with Crippen LogP contribution in [-0.4, -0.2) is 4.98 Å². The molecule has 1 aromatic carbocycles. The van der Waals surface area contributed by atoms with Crippen molar-refractivity contribution in [2.45, 2.75) is 13.3 Å². The minimum atomic E-state index is -0.213. The van der Waals surface area contributed by atoms with E-state index in [0.29, 0.717) is 17.1 Å². The number of benzene rings is 1. The average Bonchev–Trinajstić information content (AvgIpc) is 2.19. The smallest absolute Gasteiger partial charge is 0.137 e. The molecule has 1 aromatic heterocycles. The van der Waals surface area contributed by atoms with Crippen molar-refractivity contribution < 1.29 is 4.39 Å². The summed E-state index contributed by atoms with van der Waals surface area (Å²) in [6.45, 7) is 1.90. The quantitative estimate of drug-likeness (QED) is 0.654. The van der Waals surface area contributed by atoms with E-state index in [1.165, 1.54) is 6.07 Å². The maximum Gasteiger partial charge on any atom is 0.137 e. The first-order valence-corrected chi connectivity index (χ1v) is 4.83. The van der Waals surface area contributed by atoms with Gasteiger partial charge in [-0.15, -0.1) is 0 Å². The van der Waals surface area contributed by atoms with E-state index in [-0.39, 0.29) is 5.82 Å². The second-order valence-electron chi connectivity index (χ2n) is 3.08. The van der Waals surface area contributed by atoms with Crippen LogP contribution in [0.5, 0.6) is 0 Å². The van der Waals surface area contributed by atoms with Crippen LogP contribution in [0.15, 0.2) is 24.4 Å². The first kappa shape index (κ1) is 9.41. The van der Waals surface area contributed by atoms with E-state index in [1.807, 2.05) is 13.0 Å². The Morgan fingerprint density at radius 1 is 1.36 bits per heavy atom. The van der Waals surface area contributed by atoms with E-state index in [0.717, 1.165) is 10.8 Å². The Bertz CT molecular complexity index is 482. The van der Waals surface area contributed by atoms with Gasteiger partial charge in [0.15, 0.2) is 0 Å². The van der Waals surface area contributed by atoms with Crippen molar-refractivity contribution in [3.63, 3.8) is 0 Å². The lowest BCUT2D eigenvalue weighted by atomic mass is 10.0. The van der Waals surface area contributed by atoms with Gasteiger partial charge in [-0.05, 0) is 29.5 Å². The summed E-state index contributed by atoms with van der Waals surface area (Å²) < 4.78 is 13.4. The third kappa shape index (κ3) is 1.36. The van der Waals surface area contributed by atoms with Crippen LogP contribution in [0.3, 0.4) is 0 Å². The molecule has 0 aliphatic rings. The number of halogens is 2. The van der Waals surface area contributed by atoms with Gasteiger partial charge in [-0.3, -0.25) is 0 Å². The summed E-state index contributed by atoms with van der Waals surface area (Å²) in [5, 5.41) is 2.04. The van der Waals surface area contributed by atoms with E-state index < -0.39 is 0 Å². The largest absolute Gasteiger partial charge is 0.244 e. The molecule has 0 radical (unpaired) electrons. The number of aromatic nitrogens is 1. The summed E-state index contributed by atoms with van der Waals surface area (Å²) in [6, 6.07) is 5.02. The lowest BCUT2D eigenvalue weighted by molar-refractivity contribution is 0.615. The molecule has 0 aliphatic carbocycles. The molecule has 0 unspecified atom stereocenters. The predicted molar refractivity (Wildman–Crippen MR) is 56.1 cm³/mol. The van der Waals surface area contributed by atoms with E-state index >= 15 is 0 Å². The molecule has 0 bridgehead atoms. The molecule has 0 amide bonds. The molecule has 2 rings (SSSR count). The predicted octanol–water partition coefficient (Wildman–Crippen LogP) is 3.59. The molecular formula is C11H9ClFN. The SMILES string of the molecule is CCc1c(F)ccc2ccnc(Cl)c12. The van der Waals surface area contributed by atoms with Crippen LogP contribution in [0, 0.1) is 5.82 Å². The van der Waals surface area contributed by atoms with Gasteiger partial charge >= 0.3 is 0 Å². The number of nitrogens with zero attached hydrogens (tertiary/aromatic N) is 1. The van der Waals surface area contributed by atoms with Gasteiger partial charge in [0.05, 0.1) is 0 Å². The maximum absolute atomic E-state index is 13.4. The highest BCUT2D eigenvalue weighted by Crippen LogP contribution is 2.27. The van der Waals surface area contributed by atoms with Gasteiger partial charge in [-0.2, -0.15) is 0 Å². The van der Waals surface area contributed by atoms with Crippen LogP contribution in [0.25, 0.3) is 10.8 Å². The molecule has 0 aliphatic heterocycles. The third-order valence-electron chi connectivity index (χ3n) is 2.29. The summed E-state index contributed by atoms with van der Waals surface area (Å²) >= 11 is 5.94. The van der Waals surface area contributed by atoms with Gasteiger partial charge in [-0.25, -0.2) is 9.37 Å². The molecule has 0 saturated heterocycles. The fourth-order valence-corrected chi connectivity index (χ4v) is 1.90. The fraction of sp³-hybridized carbons (Fsp3) is 0.182. The first-order valence-electron chi connectivity index (χ1n) is 4.45. The van der Waals surface area contributed by atoms with Crippen molar-refractivity contribution in [1.82, 2.24) is 4.98 Å². The number of hydrogen-bond acceptors (Lipinski definition) is 1. The van der Waals surface area contributed by atoms with Crippen molar-refractivity contribution in [1.29, 1.82) is 0 Å². The monoisotopic (exact) mass is 209 g/mol. The van der Waals surface area contributed by atoms with Crippen molar-refractivity contribution in [2.24, 2.45) is 0 Å². The zero-order chi connectivity index (χ0) is 10.1. The van der Waals surface area contributed by atoms with Crippen molar-refractivity contribution in [2.75, 3.05) is 0 Å². The van der Waals surface area contributed by atoms with Crippen molar-refractivity contribution >= 4 is 22.4 Å². The van der Waals surface area contributed by atoms with Gasteiger partial charge in [0.25, 0.3) is 0 Å². The molecule has 14 heavy (non-hydrogen) atoms. The molecule has 0 fully saturated rings. The lowest BCUT2D eigenvalue weighted by Gasteiger charge is -2.06. The Hall–Kier alpha value is -1.15. The van der Waals surface area contributed by atoms with Crippen LogP contribution in [0.1, 0.15) is 12.5 Å². The molecule has 2 aromatic rings. The van der Waals surface area contributed by atoms with Crippen LogP contribution in [-0.2, 0) is 6.42 Å². The van der Waals surface area contributed by atoms with Crippen LogP contribution >= 0.6 is 11.6 Å². The Morgan fingerprint density at radius 3 is 2.86 bits per heavy atom. The normalized spacial score (nSPS) is 10.8. The average molecular weight is 210 g/mol. The number of hydrogen-bond donors (Lipinski definition) is 0. The van der Waals surface area contributed by atoms with E-state index in [9.17, 15) is 4.39 Å². The number of fused-ring (bicyclic) bond motifs is 1. The third-order valence-corrected chi connectivity index (χ3v) is 2.58. The molecular weight excluding hydrogens is 201 g/mol. The summed E-state index contributed by atoms with van der Waals surface area (Å²) in [5.74, 6) is -0.213. The zero-order valence-corrected chi connectivity index (χ0v) is 8.48. The first-order chi connectivity index (χ1) is 6.74. The van der Waals surface area contributed by atoms with E-state index in [1.54, 1.807) is 12.3 Å². The van der Waals surface area contributed by atoms with E-state index in [2.05, 4.69) is 4.98 Å². The Morgan fingerprint density at radius 2 is 2.14 bits per heavy atom. The molecule has 3 heteroatoms. The number of aryl methyl sites for hydroxylation is 1. The topological polar surface area (TPSA) is 12.9 Å². The highest BCUT2D eigenvalue weighted by atomic mass is 35.5. The van der Waals surface area contributed by atoms with Gasteiger partial charge in [-0.1, -0.05) is 24.6 Å². The summed E-state index contributed by atoms with van der Waals surface area (Å²) in [5.41, 5.74) is 0.639. The lowest BCUT2D eigenvalue weighted by Crippen LogP contribution is -1.91. The van der Waals surface area contributed by atoms with Gasteiger partial charge in [0.1, 0.15) is 11.0 Å². The Labute approximate surface area is 86.5 Å². The van der Waals surface area contributed by atoms with E-state index in [4.69, 9.17) is 11.6 Å². The number of rotatable bonds is 1. The second kappa shape index (κ2) is 3.54. The molecule has 1 nitrogen and oxygen atoms in total. The maximum atomic E-state index is 13.4. The molecule has 0 spiro atoms. The van der Waals surface area contributed by atoms with Crippen LogP contribution in [0.2, 0.25) is 5.15 Å². The van der Waals surface area contributed by atoms with Gasteiger partial charge in [0, 0.05) is 11.6 Å². The minimum absolute atomic E-state index is 0.213. The van der Waals surface area contributed by atoms with Gasteiger partial charge < -0.3 is 0 Å². The number of pyridine rings is 1. The van der Waals surface area contributed by atoms with Crippen LogP contribution < -0.4 is 0 Å². The molecule has 72 valence electrons. The molecule has 0 N–H and O–H groups in total. The molecule has 0 saturated carbocycles. The van der Waals surface area contributed by atoms with Crippen LogP contribution in [0.4, 0.5) is 4.39 Å². The molecule has 1 heterocycles. The summed E-state index contributed by atoms with van der Waals surface area (Å²) in [7, 11) is 0. The Balaban J connectivity index is 2.91. The summed E-state index contributed by atoms with van der Waals surface area (Å²) in [6.07, 6.45) is 2.25. The Kier molecular flexibility index (Phi) is 2.38. The second-order valence-corrected chi connectivity index (χ2v) is 3.44. The zero-order valence-electron chi connectivity index (χ0n) is 7.72. The minimum Gasteiger partial charge on any atom is -0.244 e. The van der Waals surface area contributed by atoms with Crippen molar-refractivity contribution in [3.8, 4) is 0 Å². The standard InChI is InChI=1S/C11H9ClFN/c1-2-8-9(13)4-3-7-5-6-14-11(12)10(7)8/h3-6H,2H2,1H3. The van der Waals surface area contributed by atoms with Gasteiger partial charge in [0.2, 0.25) is 0 Å². The highest BCUT2D eigenvalue weighted by molar-refractivity contribution is 6.34. The summed E-state index contributed by atoms with van der Waals surface area (Å²) in [4.78, 5) is 3.96. The molecule has 0 atom stereocenters. The highest BCUT2D eigenvalue weighted by Gasteiger charge is 2.08.